The molecule has 0 saturated carbocycles. The van der Waals surface area contributed by atoms with Gasteiger partial charge in [0.1, 0.15) is 0 Å². The van der Waals surface area contributed by atoms with Crippen LogP contribution in [0, 0.1) is 5.41 Å². The van der Waals surface area contributed by atoms with Crippen LogP contribution in [0.5, 0.6) is 0 Å². The van der Waals surface area contributed by atoms with Gasteiger partial charge in [-0.05, 0) is 11.0 Å². The highest BCUT2D eigenvalue weighted by Crippen LogP contribution is 2.39. The van der Waals surface area contributed by atoms with Gasteiger partial charge in [-0.25, -0.2) is 8.78 Å². The maximum atomic E-state index is 12.9. The molecule has 0 aromatic heterocycles. The van der Waals surface area contributed by atoms with Crippen LogP contribution in [0.4, 0.5) is 8.78 Å². The van der Waals surface area contributed by atoms with E-state index in [-0.39, 0.29) is 0 Å². The molecule has 0 N–H and O–H groups in total. The Bertz CT molecular complexity index is 272. The van der Waals surface area contributed by atoms with E-state index in [0.717, 1.165) is 5.56 Å². The van der Waals surface area contributed by atoms with Crippen molar-refractivity contribution in [3.63, 3.8) is 0 Å². The molecule has 0 aliphatic carbocycles. The lowest BCUT2D eigenvalue weighted by Gasteiger charge is -2.30. The van der Waals surface area contributed by atoms with E-state index in [9.17, 15) is 8.78 Å². The number of hydrogen-bond donors (Lipinski definition) is 0. The van der Waals surface area contributed by atoms with Crippen molar-refractivity contribution in [3.05, 3.63) is 35.9 Å². The molecular weight excluding hydrogens is 182 g/mol. The molecule has 1 unspecified atom stereocenters. The molecule has 0 bridgehead atoms. The quantitative estimate of drug-likeness (QED) is 0.671. The van der Waals surface area contributed by atoms with Gasteiger partial charge in [0, 0.05) is 5.92 Å². The molecule has 1 rings (SSSR count). The van der Waals surface area contributed by atoms with Gasteiger partial charge in [-0.2, -0.15) is 0 Å². The van der Waals surface area contributed by atoms with Gasteiger partial charge in [-0.15, -0.1) is 0 Å². The lowest BCUT2D eigenvalue weighted by atomic mass is 9.77. The first-order valence-electron chi connectivity index (χ1n) is 4.76. The molecule has 2 heteroatoms. The van der Waals surface area contributed by atoms with Crippen LogP contribution < -0.4 is 0 Å². The van der Waals surface area contributed by atoms with Crippen LogP contribution in [0.3, 0.4) is 0 Å². The third kappa shape index (κ3) is 2.53. The Balaban J connectivity index is 3.02. The summed E-state index contributed by atoms with van der Waals surface area (Å²) in [7, 11) is 0. The van der Waals surface area contributed by atoms with Crippen LogP contribution in [0.25, 0.3) is 0 Å². The van der Waals surface area contributed by atoms with Crippen molar-refractivity contribution in [2.24, 2.45) is 5.41 Å². The molecule has 0 nitrogen and oxygen atoms in total. The summed E-state index contributed by atoms with van der Waals surface area (Å²) in [4.78, 5) is 0. The average Bonchev–Trinajstić information content (AvgIpc) is 2.02. The van der Waals surface area contributed by atoms with Gasteiger partial charge in [-0.1, -0.05) is 51.1 Å². The molecule has 0 amide bonds. The summed E-state index contributed by atoms with van der Waals surface area (Å²) in [6.45, 7) is 5.53. The van der Waals surface area contributed by atoms with Gasteiger partial charge in [0.05, 0.1) is 0 Å². The van der Waals surface area contributed by atoms with Crippen LogP contribution in [0.2, 0.25) is 0 Å². The lowest BCUT2D eigenvalue weighted by Crippen LogP contribution is -2.24. The van der Waals surface area contributed by atoms with E-state index in [1.165, 1.54) is 0 Å². The van der Waals surface area contributed by atoms with E-state index in [2.05, 4.69) is 0 Å². The van der Waals surface area contributed by atoms with Crippen molar-refractivity contribution in [1.82, 2.24) is 0 Å². The number of alkyl halides is 2. The van der Waals surface area contributed by atoms with E-state index in [1.807, 2.05) is 26.8 Å². The summed E-state index contributed by atoms with van der Waals surface area (Å²) in [5.41, 5.74) is 0.310. The average molecular weight is 198 g/mol. The first-order chi connectivity index (χ1) is 6.43. The fraction of sp³-hybridized carbons (Fsp3) is 0.500. The predicted molar refractivity (Wildman–Crippen MR) is 54.6 cm³/mol. The van der Waals surface area contributed by atoms with Crippen molar-refractivity contribution in [2.45, 2.75) is 33.1 Å². The van der Waals surface area contributed by atoms with E-state index < -0.39 is 17.8 Å². The number of halogens is 2. The minimum Gasteiger partial charge on any atom is -0.210 e. The summed E-state index contributed by atoms with van der Waals surface area (Å²) in [6.07, 6.45) is -2.31. The highest BCUT2D eigenvalue weighted by molar-refractivity contribution is 5.22. The molecule has 1 aromatic carbocycles. The first-order valence-corrected chi connectivity index (χ1v) is 4.76. The molecular formula is C12H16F2. The fourth-order valence-electron chi connectivity index (χ4n) is 1.68. The minimum absolute atomic E-state index is 0.407. The van der Waals surface area contributed by atoms with Crippen LogP contribution in [0.1, 0.15) is 32.3 Å². The molecule has 0 aliphatic rings. The lowest BCUT2D eigenvalue weighted by molar-refractivity contribution is 0.0623. The van der Waals surface area contributed by atoms with Gasteiger partial charge in [0.25, 0.3) is 0 Å². The van der Waals surface area contributed by atoms with Crippen molar-refractivity contribution in [1.29, 1.82) is 0 Å². The summed E-state index contributed by atoms with van der Waals surface area (Å²) in [6, 6.07) is 8.98. The van der Waals surface area contributed by atoms with Crippen molar-refractivity contribution >= 4 is 0 Å². The number of rotatable bonds is 2. The summed E-state index contributed by atoms with van der Waals surface area (Å²) in [5, 5.41) is 0. The normalized spacial score (nSPS) is 14.4. The van der Waals surface area contributed by atoms with E-state index >= 15 is 0 Å². The Morgan fingerprint density at radius 2 is 1.50 bits per heavy atom. The topological polar surface area (TPSA) is 0 Å². The van der Waals surface area contributed by atoms with E-state index in [0.29, 0.717) is 0 Å². The summed E-state index contributed by atoms with van der Waals surface area (Å²) < 4.78 is 25.8. The Labute approximate surface area is 84.0 Å². The maximum absolute atomic E-state index is 12.9. The third-order valence-electron chi connectivity index (χ3n) is 2.34. The third-order valence-corrected chi connectivity index (χ3v) is 2.34. The van der Waals surface area contributed by atoms with Crippen LogP contribution in [-0.4, -0.2) is 6.43 Å². The fourth-order valence-corrected chi connectivity index (χ4v) is 1.68. The molecule has 14 heavy (non-hydrogen) atoms. The second-order valence-electron chi connectivity index (χ2n) is 4.59. The van der Waals surface area contributed by atoms with Crippen LogP contribution in [0.15, 0.2) is 30.3 Å². The summed E-state index contributed by atoms with van der Waals surface area (Å²) >= 11 is 0. The molecule has 1 atom stereocenters. The second-order valence-corrected chi connectivity index (χ2v) is 4.59. The SMILES string of the molecule is CC(C)(C)C(c1ccccc1)C(F)F. The predicted octanol–water partition coefficient (Wildman–Crippen LogP) is 4.08. The highest BCUT2D eigenvalue weighted by atomic mass is 19.3. The molecule has 0 heterocycles. The molecule has 0 radical (unpaired) electrons. The van der Waals surface area contributed by atoms with Gasteiger partial charge < -0.3 is 0 Å². The van der Waals surface area contributed by atoms with Gasteiger partial charge in [0.15, 0.2) is 0 Å². The Morgan fingerprint density at radius 3 is 1.86 bits per heavy atom. The molecule has 0 spiro atoms. The molecule has 0 aliphatic heterocycles. The Hall–Kier alpha value is -0.920. The van der Waals surface area contributed by atoms with Crippen molar-refractivity contribution < 1.29 is 8.78 Å². The van der Waals surface area contributed by atoms with Gasteiger partial charge in [-0.3, -0.25) is 0 Å². The minimum atomic E-state index is -2.31. The smallest absolute Gasteiger partial charge is 0.210 e. The standard InChI is InChI=1S/C12H16F2/c1-12(2,3)10(11(13)14)9-7-5-4-6-8-9/h4-8,10-11H,1-3H3. The zero-order valence-electron chi connectivity index (χ0n) is 8.80. The van der Waals surface area contributed by atoms with Crippen LogP contribution >= 0.6 is 0 Å². The van der Waals surface area contributed by atoms with E-state index in [1.54, 1.807) is 24.3 Å². The molecule has 78 valence electrons. The zero-order valence-corrected chi connectivity index (χ0v) is 8.80. The monoisotopic (exact) mass is 198 g/mol. The molecule has 0 saturated heterocycles. The van der Waals surface area contributed by atoms with Crippen LogP contribution in [-0.2, 0) is 0 Å². The Morgan fingerprint density at radius 1 is 1.00 bits per heavy atom. The number of benzene rings is 1. The summed E-state index contributed by atoms with van der Waals surface area (Å²) in [5.74, 6) is -0.691. The molecule has 1 aromatic rings. The van der Waals surface area contributed by atoms with E-state index in [4.69, 9.17) is 0 Å². The van der Waals surface area contributed by atoms with Gasteiger partial charge in [0.2, 0.25) is 6.43 Å². The first kappa shape index (κ1) is 11.2. The maximum Gasteiger partial charge on any atom is 0.245 e. The number of hydrogen-bond acceptors (Lipinski definition) is 0. The van der Waals surface area contributed by atoms with Crippen molar-refractivity contribution in [2.75, 3.05) is 0 Å². The highest BCUT2D eigenvalue weighted by Gasteiger charge is 2.33. The van der Waals surface area contributed by atoms with Crippen molar-refractivity contribution in [3.8, 4) is 0 Å². The second kappa shape index (κ2) is 4.07. The zero-order chi connectivity index (χ0) is 10.8. The Kier molecular flexibility index (Phi) is 3.25. The molecule has 0 fully saturated rings. The largest absolute Gasteiger partial charge is 0.245 e. The van der Waals surface area contributed by atoms with Gasteiger partial charge >= 0.3 is 0 Å².